The van der Waals surface area contributed by atoms with Gasteiger partial charge in [0, 0.05) is 9.90 Å². The average molecular weight is 596 g/mol. The van der Waals surface area contributed by atoms with Crippen LogP contribution >= 0.6 is 46.0 Å². The van der Waals surface area contributed by atoms with Gasteiger partial charge in [-0.2, -0.15) is 4.99 Å². The summed E-state index contributed by atoms with van der Waals surface area (Å²) in [6.07, 6.45) is 2.62. The molecule has 202 valence electrons. The lowest BCUT2D eigenvalue weighted by Crippen LogP contribution is -2.23. The minimum absolute atomic E-state index is 0.00499. The Morgan fingerprint density at radius 2 is 1.97 bits per heavy atom. The second-order valence-corrected chi connectivity index (χ2v) is 12.3. The number of halogens is 1. The lowest BCUT2D eigenvalue weighted by molar-refractivity contribution is -0.141. The molecule has 1 aromatic carbocycles. The minimum atomic E-state index is -0.476. The summed E-state index contributed by atoms with van der Waals surface area (Å²) in [7, 11) is 2.62. The molecule has 38 heavy (non-hydrogen) atoms. The number of benzene rings is 1. The van der Waals surface area contributed by atoms with Crippen LogP contribution in [-0.4, -0.2) is 54.0 Å². The van der Waals surface area contributed by atoms with Crippen LogP contribution in [0.5, 0.6) is 0 Å². The van der Waals surface area contributed by atoms with E-state index in [0.717, 1.165) is 46.2 Å². The number of nitrogens with zero attached hydrogens (tertiary/aromatic N) is 2. The van der Waals surface area contributed by atoms with Gasteiger partial charge in [-0.1, -0.05) is 29.9 Å². The van der Waals surface area contributed by atoms with Crippen LogP contribution in [0.3, 0.4) is 0 Å². The molecule has 1 aliphatic carbocycles. The predicted molar refractivity (Wildman–Crippen MR) is 150 cm³/mol. The smallest absolute Gasteiger partial charge is 0.341 e. The number of carbonyl (C=O) groups is 4. The number of esters is 2. The summed E-state index contributed by atoms with van der Waals surface area (Å²) in [4.78, 5) is 55.3. The number of hydrogen-bond acceptors (Lipinski definition) is 9. The van der Waals surface area contributed by atoms with Crippen LogP contribution in [0.1, 0.15) is 34.1 Å². The molecule has 9 nitrogen and oxygen atoms in total. The van der Waals surface area contributed by atoms with Gasteiger partial charge < -0.3 is 19.4 Å². The average Bonchev–Trinajstić information content (AvgIpc) is 3.39. The van der Waals surface area contributed by atoms with Crippen LogP contribution in [0, 0.1) is 5.92 Å². The standard InChI is InChI=1S/C25H26ClN3O6S3/c1-13-4-6-15-17(8-13)37-23(22(15)24(33)35-3)27-19(30)11-36-12-20(31)28-25-29(10-21(32)34-2)16-7-5-14(26)9-18(16)38-25/h5,7,9,13H,4,6,8,10-12H2,1-3H3,(H,27,30). The van der Waals surface area contributed by atoms with Gasteiger partial charge in [0.15, 0.2) is 4.80 Å². The van der Waals surface area contributed by atoms with E-state index in [9.17, 15) is 19.2 Å². The molecule has 2 amide bonds. The fourth-order valence-corrected chi connectivity index (χ4v) is 7.50. The third kappa shape index (κ3) is 6.48. The van der Waals surface area contributed by atoms with Crippen molar-refractivity contribution in [2.24, 2.45) is 10.9 Å². The number of hydrogen-bond donors (Lipinski definition) is 1. The highest BCUT2D eigenvalue weighted by molar-refractivity contribution is 8.00. The van der Waals surface area contributed by atoms with Crippen molar-refractivity contribution in [3.63, 3.8) is 0 Å². The first-order valence-electron chi connectivity index (χ1n) is 11.7. The molecule has 1 unspecified atom stereocenters. The Kier molecular flexibility index (Phi) is 9.29. The molecule has 4 rings (SSSR count). The molecule has 0 saturated carbocycles. The van der Waals surface area contributed by atoms with Gasteiger partial charge in [0.25, 0.3) is 5.91 Å². The summed E-state index contributed by atoms with van der Waals surface area (Å²) in [5.41, 5.74) is 2.10. The zero-order valence-electron chi connectivity index (χ0n) is 21.0. The van der Waals surface area contributed by atoms with Gasteiger partial charge >= 0.3 is 11.9 Å². The molecule has 3 aromatic rings. The van der Waals surface area contributed by atoms with Crippen molar-refractivity contribution in [2.75, 3.05) is 31.0 Å². The summed E-state index contributed by atoms with van der Waals surface area (Å²) in [6.45, 7) is 2.06. The quantitative estimate of drug-likeness (QED) is 0.386. The highest BCUT2D eigenvalue weighted by atomic mass is 35.5. The Bertz CT molecular complexity index is 1470. The topological polar surface area (TPSA) is 116 Å². The molecule has 0 fully saturated rings. The molecule has 0 bridgehead atoms. The number of fused-ring (bicyclic) bond motifs is 2. The number of aromatic nitrogens is 1. The summed E-state index contributed by atoms with van der Waals surface area (Å²) < 4.78 is 12.1. The number of thiophene rings is 1. The van der Waals surface area contributed by atoms with Gasteiger partial charge in [0.1, 0.15) is 11.5 Å². The Morgan fingerprint density at radius 1 is 1.18 bits per heavy atom. The predicted octanol–water partition coefficient (Wildman–Crippen LogP) is 4.30. The molecular formula is C25H26ClN3O6S3. The molecule has 1 aliphatic rings. The number of rotatable bonds is 8. The normalized spacial score (nSPS) is 15.3. The molecular weight excluding hydrogens is 570 g/mol. The van der Waals surface area contributed by atoms with E-state index in [4.69, 9.17) is 21.1 Å². The molecule has 2 aromatic heterocycles. The largest absolute Gasteiger partial charge is 0.468 e. The van der Waals surface area contributed by atoms with Crippen molar-refractivity contribution in [3.8, 4) is 0 Å². The highest BCUT2D eigenvalue weighted by Crippen LogP contribution is 2.40. The number of carbonyl (C=O) groups excluding carboxylic acids is 4. The summed E-state index contributed by atoms with van der Waals surface area (Å²) >= 11 is 9.85. The van der Waals surface area contributed by atoms with Crippen LogP contribution in [0.25, 0.3) is 10.2 Å². The monoisotopic (exact) mass is 595 g/mol. The minimum Gasteiger partial charge on any atom is -0.468 e. The Balaban J connectivity index is 1.43. The van der Waals surface area contributed by atoms with Crippen molar-refractivity contribution in [2.45, 2.75) is 32.7 Å². The molecule has 0 saturated heterocycles. The molecule has 1 N–H and O–H groups in total. The van der Waals surface area contributed by atoms with Crippen molar-refractivity contribution in [1.82, 2.24) is 4.57 Å². The molecule has 1 atom stereocenters. The van der Waals surface area contributed by atoms with E-state index in [0.29, 0.717) is 31.8 Å². The zero-order valence-corrected chi connectivity index (χ0v) is 24.2. The third-order valence-corrected chi connectivity index (χ3v) is 9.36. The lowest BCUT2D eigenvalue weighted by atomic mass is 9.88. The molecule has 0 radical (unpaired) electrons. The summed E-state index contributed by atoms with van der Waals surface area (Å²) in [5.74, 6) is -1.22. The van der Waals surface area contributed by atoms with E-state index in [1.54, 1.807) is 22.8 Å². The van der Waals surface area contributed by atoms with Gasteiger partial charge in [-0.05, 0) is 48.9 Å². The number of methoxy groups -OCH3 is 2. The van der Waals surface area contributed by atoms with E-state index in [-0.39, 0.29) is 24.0 Å². The lowest BCUT2D eigenvalue weighted by Gasteiger charge is -2.18. The maximum absolute atomic E-state index is 12.7. The van der Waals surface area contributed by atoms with Crippen molar-refractivity contribution in [3.05, 3.63) is 44.0 Å². The third-order valence-electron chi connectivity index (χ3n) is 5.99. The highest BCUT2D eigenvalue weighted by Gasteiger charge is 2.28. The van der Waals surface area contributed by atoms with Gasteiger partial charge in [-0.3, -0.25) is 14.4 Å². The number of nitrogens with one attached hydrogen (secondary N) is 1. The van der Waals surface area contributed by atoms with Gasteiger partial charge in [-0.25, -0.2) is 4.79 Å². The van der Waals surface area contributed by atoms with E-state index in [1.165, 1.54) is 36.9 Å². The van der Waals surface area contributed by atoms with Gasteiger partial charge in [-0.15, -0.1) is 23.1 Å². The molecule has 13 heteroatoms. The van der Waals surface area contributed by atoms with E-state index in [2.05, 4.69) is 17.2 Å². The maximum Gasteiger partial charge on any atom is 0.341 e. The van der Waals surface area contributed by atoms with E-state index in [1.807, 2.05) is 0 Å². The number of ether oxygens (including phenoxy) is 2. The van der Waals surface area contributed by atoms with Crippen molar-refractivity contribution in [1.29, 1.82) is 0 Å². The van der Waals surface area contributed by atoms with Crippen LogP contribution in [0.4, 0.5) is 5.00 Å². The molecule has 0 aliphatic heterocycles. The number of anilines is 1. The first-order valence-corrected chi connectivity index (χ1v) is 14.9. The molecule has 2 heterocycles. The Hall–Kier alpha value is -2.67. The SMILES string of the molecule is COC(=O)Cn1c(=NC(=O)CSCC(=O)Nc2sc3c(c2C(=O)OC)CCC(C)C3)sc2cc(Cl)ccc21. The van der Waals surface area contributed by atoms with Crippen molar-refractivity contribution >= 4 is 85.0 Å². The van der Waals surface area contributed by atoms with Crippen LogP contribution in [0.15, 0.2) is 23.2 Å². The number of amides is 2. The van der Waals surface area contributed by atoms with E-state index >= 15 is 0 Å². The van der Waals surface area contributed by atoms with Crippen LogP contribution < -0.4 is 10.1 Å². The number of thiazole rings is 1. The second-order valence-electron chi connectivity index (χ2n) is 8.75. The Labute approximate surface area is 236 Å². The van der Waals surface area contributed by atoms with Gasteiger partial charge in [0.05, 0.1) is 41.5 Å². The summed E-state index contributed by atoms with van der Waals surface area (Å²) in [5, 5.41) is 3.85. The van der Waals surface area contributed by atoms with Crippen molar-refractivity contribution < 1.29 is 28.7 Å². The van der Waals surface area contributed by atoms with E-state index < -0.39 is 17.8 Å². The fraction of sp³-hybridized carbons (Fsp3) is 0.400. The second kappa shape index (κ2) is 12.5. The fourth-order valence-electron chi connectivity index (χ4n) is 4.17. The first-order chi connectivity index (χ1) is 18.2. The Morgan fingerprint density at radius 3 is 2.71 bits per heavy atom. The maximum atomic E-state index is 12.7. The first kappa shape index (κ1) is 28.3. The van der Waals surface area contributed by atoms with Crippen LogP contribution in [-0.2, 0) is 43.2 Å². The molecule has 0 spiro atoms. The zero-order chi connectivity index (χ0) is 27.4. The number of thioether (sulfide) groups is 1. The van der Waals surface area contributed by atoms with Gasteiger partial charge in [0.2, 0.25) is 5.91 Å². The summed E-state index contributed by atoms with van der Waals surface area (Å²) in [6, 6.07) is 5.19. The van der Waals surface area contributed by atoms with Crippen LogP contribution in [0.2, 0.25) is 5.02 Å².